The highest BCUT2D eigenvalue weighted by atomic mass is 16.5. The van der Waals surface area contributed by atoms with E-state index in [0.29, 0.717) is 12.1 Å². The van der Waals surface area contributed by atoms with Gasteiger partial charge in [-0.3, -0.25) is 4.90 Å². The van der Waals surface area contributed by atoms with E-state index in [1.54, 1.807) is 19.4 Å². The highest BCUT2D eigenvalue weighted by molar-refractivity contribution is 5.93. The van der Waals surface area contributed by atoms with Gasteiger partial charge in [-0.2, -0.15) is 5.26 Å². The second-order valence-electron chi connectivity index (χ2n) is 10.1. The van der Waals surface area contributed by atoms with Gasteiger partial charge in [0.2, 0.25) is 0 Å². The normalized spacial score (nSPS) is 16.2. The number of amides is 2. The summed E-state index contributed by atoms with van der Waals surface area (Å²) in [7, 11) is 1.65. The van der Waals surface area contributed by atoms with Gasteiger partial charge in [0.25, 0.3) is 0 Å². The Morgan fingerprint density at radius 1 is 0.951 bits per heavy atom. The van der Waals surface area contributed by atoms with E-state index in [4.69, 9.17) is 10.00 Å². The molecule has 0 bridgehead atoms. The summed E-state index contributed by atoms with van der Waals surface area (Å²) < 4.78 is 5.33. The molecule has 41 heavy (non-hydrogen) atoms. The molecule has 5 rings (SSSR count). The van der Waals surface area contributed by atoms with Crippen molar-refractivity contribution in [2.75, 3.05) is 22.6 Å². The van der Waals surface area contributed by atoms with Crippen LogP contribution in [0.1, 0.15) is 36.8 Å². The molecule has 1 heterocycles. The number of pyridine rings is 1. The lowest BCUT2D eigenvalue weighted by Gasteiger charge is -2.37. The summed E-state index contributed by atoms with van der Waals surface area (Å²) in [5.41, 5.74) is 4.31. The molecule has 0 spiro atoms. The molecule has 1 aliphatic carbocycles. The fraction of sp³-hybridized carbons (Fsp3) is 0.242. The summed E-state index contributed by atoms with van der Waals surface area (Å²) in [4.78, 5) is 19.9. The summed E-state index contributed by atoms with van der Waals surface area (Å²) in [5.74, 6) is 1.55. The Bertz CT molecular complexity index is 1460. The van der Waals surface area contributed by atoms with Gasteiger partial charge in [0.05, 0.1) is 12.7 Å². The Kier molecular flexibility index (Phi) is 8.97. The fourth-order valence-corrected chi connectivity index (χ4v) is 5.16. The molecule has 0 aliphatic heterocycles. The first-order valence-electron chi connectivity index (χ1n) is 13.9. The summed E-state index contributed by atoms with van der Waals surface area (Å²) >= 11 is 0. The number of ether oxygens (including phenoxy) is 1. The van der Waals surface area contributed by atoms with E-state index in [1.807, 2.05) is 89.8 Å². The molecule has 3 N–H and O–H groups in total. The quantitative estimate of drug-likeness (QED) is 0.212. The van der Waals surface area contributed by atoms with E-state index in [0.717, 1.165) is 59.9 Å². The summed E-state index contributed by atoms with van der Waals surface area (Å²) in [6.07, 6.45) is 5.11. The van der Waals surface area contributed by atoms with E-state index in [1.165, 1.54) is 0 Å². The highest BCUT2D eigenvalue weighted by Gasteiger charge is 2.30. The predicted molar refractivity (Wildman–Crippen MR) is 162 cm³/mol. The van der Waals surface area contributed by atoms with Crippen molar-refractivity contribution in [2.24, 2.45) is 0 Å². The number of carbonyl (C=O) groups is 1. The van der Waals surface area contributed by atoms with Gasteiger partial charge in [0.15, 0.2) is 0 Å². The van der Waals surface area contributed by atoms with Crippen molar-refractivity contribution in [1.29, 1.82) is 5.26 Å². The topological polar surface area (TPSA) is 102 Å². The molecule has 0 atom stereocenters. The number of aromatic nitrogens is 1. The first-order chi connectivity index (χ1) is 20.1. The number of carbonyl (C=O) groups excluding carboxylic acids is 1. The first kappa shape index (κ1) is 27.5. The third-order valence-electron chi connectivity index (χ3n) is 7.32. The number of benzene rings is 3. The lowest BCUT2D eigenvalue weighted by molar-refractivity contribution is 0.240. The maximum atomic E-state index is 13.6. The van der Waals surface area contributed by atoms with Crippen molar-refractivity contribution in [2.45, 2.75) is 44.3 Å². The standard InChI is InChI=1S/C33H34N6O2/c1-41-31-9-5-8-28(20-31)37-26-11-15-29(16-12-26)39(33(40)36-22-24-6-3-2-4-7-24)30-17-13-27(14-18-30)38-32-19-10-25(21-34)23-35-32/h2-12,15-16,19-20,23,27,30,37H,13-14,17-18,22H2,1H3,(H,35,38)(H,36,40)/t27-,30-. The van der Waals surface area contributed by atoms with Crippen molar-refractivity contribution in [1.82, 2.24) is 10.3 Å². The average Bonchev–Trinajstić information content (AvgIpc) is 3.03. The van der Waals surface area contributed by atoms with Gasteiger partial charge in [0.1, 0.15) is 17.6 Å². The van der Waals surface area contributed by atoms with Gasteiger partial charge in [-0.05, 0) is 79.8 Å². The third-order valence-corrected chi connectivity index (χ3v) is 7.32. The molecule has 208 valence electrons. The Balaban J connectivity index is 1.28. The summed E-state index contributed by atoms with van der Waals surface area (Å²) in [6, 6.07) is 31.6. The second kappa shape index (κ2) is 13.4. The maximum absolute atomic E-state index is 13.6. The Morgan fingerprint density at radius 3 is 2.41 bits per heavy atom. The van der Waals surface area contributed by atoms with Gasteiger partial charge in [-0.1, -0.05) is 36.4 Å². The first-order valence-corrected chi connectivity index (χ1v) is 13.9. The maximum Gasteiger partial charge on any atom is 0.322 e. The fourth-order valence-electron chi connectivity index (χ4n) is 5.16. The SMILES string of the molecule is COc1cccc(Nc2ccc(N(C(=O)NCc3ccccc3)[C@H]3CC[C@H](Nc4ccc(C#N)cn4)CC3)cc2)c1. The van der Waals surface area contributed by atoms with Gasteiger partial charge in [-0.15, -0.1) is 0 Å². The number of anilines is 4. The van der Waals surface area contributed by atoms with E-state index >= 15 is 0 Å². The van der Waals surface area contributed by atoms with Crippen LogP contribution >= 0.6 is 0 Å². The number of nitrogens with one attached hydrogen (secondary N) is 3. The second-order valence-corrected chi connectivity index (χ2v) is 10.1. The van der Waals surface area contributed by atoms with Gasteiger partial charge in [0, 0.05) is 48.0 Å². The van der Waals surface area contributed by atoms with E-state index < -0.39 is 0 Å². The van der Waals surface area contributed by atoms with Crippen molar-refractivity contribution in [3.63, 3.8) is 0 Å². The van der Waals surface area contributed by atoms with Crippen molar-refractivity contribution >= 4 is 28.9 Å². The smallest absolute Gasteiger partial charge is 0.322 e. The molecule has 2 amide bonds. The number of methoxy groups -OCH3 is 1. The van der Waals surface area contributed by atoms with Crippen LogP contribution in [0.2, 0.25) is 0 Å². The van der Waals surface area contributed by atoms with Gasteiger partial charge < -0.3 is 20.7 Å². The Labute approximate surface area is 241 Å². The minimum atomic E-state index is -0.104. The largest absolute Gasteiger partial charge is 0.497 e. The number of hydrogen-bond acceptors (Lipinski definition) is 6. The zero-order valence-corrected chi connectivity index (χ0v) is 23.1. The molecule has 0 radical (unpaired) electrons. The van der Waals surface area contributed by atoms with Crippen LogP contribution in [0.5, 0.6) is 5.75 Å². The summed E-state index contributed by atoms with van der Waals surface area (Å²) in [5, 5.41) is 19.0. The van der Waals surface area contributed by atoms with E-state index in [9.17, 15) is 4.79 Å². The molecule has 3 aromatic carbocycles. The molecule has 1 saturated carbocycles. The van der Waals surface area contributed by atoms with Crippen LogP contribution in [0, 0.1) is 11.3 Å². The van der Waals surface area contributed by atoms with Gasteiger partial charge in [-0.25, -0.2) is 9.78 Å². The Morgan fingerprint density at radius 2 is 1.73 bits per heavy atom. The molecule has 1 aromatic heterocycles. The van der Waals surface area contributed by atoms with Crippen LogP contribution in [0.25, 0.3) is 0 Å². The minimum Gasteiger partial charge on any atom is -0.497 e. The summed E-state index contributed by atoms with van der Waals surface area (Å²) in [6.45, 7) is 0.465. The number of nitriles is 1. The molecule has 1 aliphatic rings. The van der Waals surface area contributed by atoms with Crippen molar-refractivity contribution in [3.05, 3.63) is 108 Å². The van der Waals surface area contributed by atoms with Gasteiger partial charge >= 0.3 is 6.03 Å². The number of hydrogen-bond donors (Lipinski definition) is 3. The Hall–Kier alpha value is -5.03. The van der Waals surface area contributed by atoms with Crippen LogP contribution in [0.15, 0.2) is 97.2 Å². The van der Waals surface area contributed by atoms with Crippen molar-refractivity contribution < 1.29 is 9.53 Å². The van der Waals surface area contributed by atoms with Crippen LogP contribution in [-0.2, 0) is 6.54 Å². The number of nitrogens with zero attached hydrogens (tertiary/aromatic N) is 3. The molecular weight excluding hydrogens is 512 g/mol. The molecule has 4 aromatic rings. The van der Waals surface area contributed by atoms with Crippen molar-refractivity contribution in [3.8, 4) is 11.8 Å². The molecule has 0 unspecified atom stereocenters. The van der Waals surface area contributed by atoms with Crippen LogP contribution in [-0.4, -0.2) is 30.2 Å². The molecular formula is C33H34N6O2. The van der Waals surface area contributed by atoms with Crippen LogP contribution < -0.4 is 25.6 Å². The van der Waals surface area contributed by atoms with Crippen LogP contribution in [0.4, 0.5) is 27.7 Å². The number of urea groups is 1. The average molecular weight is 547 g/mol. The number of rotatable bonds is 9. The predicted octanol–water partition coefficient (Wildman–Crippen LogP) is 6.84. The zero-order valence-electron chi connectivity index (χ0n) is 23.1. The van der Waals surface area contributed by atoms with Crippen LogP contribution in [0.3, 0.4) is 0 Å². The minimum absolute atomic E-state index is 0.0648. The lowest BCUT2D eigenvalue weighted by atomic mass is 9.90. The lowest BCUT2D eigenvalue weighted by Crippen LogP contribution is -2.48. The zero-order chi connectivity index (χ0) is 28.4. The van der Waals surface area contributed by atoms with E-state index in [2.05, 4.69) is 27.0 Å². The highest BCUT2D eigenvalue weighted by Crippen LogP contribution is 2.31. The molecule has 8 heteroatoms. The van der Waals surface area contributed by atoms with E-state index in [-0.39, 0.29) is 18.1 Å². The molecule has 0 saturated heterocycles. The molecule has 1 fully saturated rings. The third kappa shape index (κ3) is 7.34. The monoisotopic (exact) mass is 546 g/mol. The molecule has 8 nitrogen and oxygen atoms in total.